The van der Waals surface area contributed by atoms with Gasteiger partial charge >= 0.3 is 27.6 Å². The Morgan fingerprint density at radius 1 is 0.486 bits per heavy atom. The molecule has 17 nitrogen and oxygen atoms in total. The van der Waals surface area contributed by atoms with Gasteiger partial charge in [0.25, 0.3) is 0 Å². The zero-order valence-electron chi connectivity index (χ0n) is 41.1. The number of hydrogen-bond acceptors (Lipinski definition) is 14. The average molecular weight is 1030 g/mol. The quantitative estimate of drug-likeness (QED) is 0.0123. The second kappa shape index (κ2) is 41.4. The van der Waals surface area contributed by atoms with Crippen molar-refractivity contribution in [3.8, 4) is 0 Å². The average Bonchev–Trinajstić information content (AvgIpc) is 3.32. The predicted molar refractivity (Wildman–Crippen MR) is 270 cm³/mol. The minimum Gasteiger partial charge on any atom is -0.462 e. The van der Waals surface area contributed by atoms with Gasteiger partial charge in [-0.15, -0.1) is 0 Å². The largest absolute Gasteiger partial charge is 0.472 e. The van der Waals surface area contributed by atoms with Gasteiger partial charge in [0.15, 0.2) is 6.10 Å². The van der Waals surface area contributed by atoms with Crippen molar-refractivity contribution in [1.29, 1.82) is 0 Å². The molecule has 8 atom stereocenters. The van der Waals surface area contributed by atoms with Gasteiger partial charge in [-0.05, 0) is 103 Å². The van der Waals surface area contributed by atoms with Gasteiger partial charge in [0.05, 0.1) is 6.61 Å². The molecule has 19 heteroatoms. The highest BCUT2D eigenvalue weighted by atomic mass is 31.2. The van der Waals surface area contributed by atoms with Crippen molar-refractivity contribution >= 4 is 27.6 Å². The highest BCUT2D eigenvalue weighted by Gasteiger charge is 2.54. The number of phosphoric ester groups is 2. The maximum absolute atomic E-state index is 13.0. The number of aliphatic hydroxyl groups is 5. The lowest BCUT2D eigenvalue weighted by atomic mass is 9.85. The molecular formula is C51H84O17P2. The minimum absolute atomic E-state index is 0.0547. The standard InChI is InChI=1S/C51H84O17P2/c1-2-3-4-5-6-7-8-9-10-11-12-14-17-20-23-26-29-32-35-38-44(53)64-41-43(42-65-70(62,63)68-51-48(57)46(55)47(56)50(49(51)58)67-69(59,60)61)66-45(54)39-36-33-30-27-24-21-18-15-13-16-19-22-25-28-31-34-37-40-52/h6-7,9-10,12-14,16,18,20-23,25,27,30,43,46-52,55-58H,2-5,8,11,15,17,19,24,26,28-29,31-42H2,1H3,(H,62,63)(H2,59,60,61)/b7-6-,10-9-,14-12-,16-13-,21-18-,23-20-,25-22-,30-27-/t43-,46?,47?,48?,49?,50-,51+/m1/s1. The van der Waals surface area contributed by atoms with Crippen LogP contribution in [0.4, 0.5) is 0 Å². The molecule has 1 aliphatic rings. The molecule has 0 bridgehead atoms. The summed E-state index contributed by atoms with van der Waals surface area (Å²) in [5, 5.41) is 50.1. The fourth-order valence-corrected chi connectivity index (χ4v) is 8.34. The van der Waals surface area contributed by atoms with Crippen LogP contribution in [0, 0.1) is 0 Å². The van der Waals surface area contributed by atoms with E-state index in [4.69, 9.17) is 23.6 Å². The summed E-state index contributed by atoms with van der Waals surface area (Å²) in [6.45, 7) is 1.01. The van der Waals surface area contributed by atoms with E-state index in [9.17, 15) is 53.8 Å². The van der Waals surface area contributed by atoms with E-state index in [1.54, 1.807) is 0 Å². The van der Waals surface area contributed by atoms with Crippen LogP contribution in [0.3, 0.4) is 0 Å². The van der Waals surface area contributed by atoms with E-state index in [0.29, 0.717) is 25.7 Å². The molecule has 0 saturated heterocycles. The molecule has 0 aromatic rings. The SMILES string of the molecule is CCCCC/C=C\C/C=C\C/C=C\C/C=C\CCCCCC(=O)OC[C@H](COP(=O)(O)O[C@H]1C(O)C(O)C(O)[C@@H](OP(=O)(O)O)C1O)OC(=O)CCC/C=C\C/C=C\C/C=C\C/C=C\CCCCCO. The molecule has 0 aromatic carbocycles. The molecule has 5 unspecified atom stereocenters. The lowest BCUT2D eigenvalue weighted by molar-refractivity contribution is -0.216. The van der Waals surface area contributed by atoms with Crippen molar-refractivity contribution in [2.45, 2.75) is 191 Å². The molecule has 1 aliphatic carbocycles. The van der Waals surface area contributed by atoms with Gasteiger partial charge in [-0.25, -0.2) is 9.13 Å². The smallest absolute Gasteiger partial charge is 0.462 e. The number of carbonyl (C=O) groups is 2. The van der Waals surface area contributed by atoms with E-state index in [1.807, 2.05) is 18.2 Å². The molecular weight excluding hydrogens is 946 g/mol. The lowest BCUT2D eigenvalue weighted by Crippen LogP contribution is -2.64. The number of unbranched alkanes of at least 4 members (excludes halogenated alkanes) is 10. The van der Waals surface area contributed by atoms with E-state index >= 15 is 0 Å². The van der Waals surface area contributed by atoms with Crippen molar-refractivity contribution in [2.75, 3.05) is 19.8 Å². The number of rotatable bonds is 41. The predicted octanol–water partition coefficient (Wildman–Crippen LogP) is 8.92. The van der Waals surface area contributed by atoms with Crippen LogP contribution in [0.25, 0.3) is 0 Å². The van der Waals surface area contributed by atoms with Crippen LogP contribution < -0.4 is 0 Å². The van der Waals surface area contributed by atoms with Crippen molar-refractivity contribution in [3.63, 3.8) is 0 Å². The van der Waals surface area contributed by atoms with Crippen LogP contribution >= 0.6 is 15.6 Å². The fraction of sp³-hybridized carbons (Fsp3) is 0.647. The second-order valence-electron chi connectivity index (χ2n) is 16.9. The van der Waals surface area contributed by atoms with E-state index in [1.165, 1.54) is 19.3 Å². The maximum Gasteiger partial charge on any atom is 0.472 e. The van der Waals surface area contributed by atoms with Crippen LogP contribution in [0.15, 0.2) is 97.2 Å². The maximum atomic E-state index is 13.0. The molecule has 1 fully saturated rings. The first-order valence-electron chi connectivity index (χ1n) is 24.9. The Hall–Kier alpha value is -3.12. The van der Waals surface area contributed by atoms with Gasteiger partial charge in [-0.3, -0.25) is 23.2 Å². The molecule has 1 rings (SSSR count). The Bertz CT molecular complexity index is 1720. The number of esters is 2. The summed E-state index contributed by atoms with van der Waals surface area (Å²) in [5.74, 6) is -1.33. The van der Waals surface area contributed by atoms with Crippen molar-refractivity contribution in [2.24, 2.45) is 0 Å². The summed E-state index contributed by atoms with van der Waals surface area (Å²) in [7, 11) is -10.7. The summed E-state index contributed by atoms with van der Waals surface area (Å²) in [4.78, 5) is 54.3. The third-order valence-corrected chi connectivity index (χ3v) is 12.2. The van der Waals surface area contributed by atoms with Gasteiger partial charge < -0.3 is 49.7 Å². The Morgan fingerprint density at radius 3 is 1.36 bits per heavy atom. The topological polar surface area (TPSA) is 276 Å². The lowest BCUT2D eigenvalue weighted by Gasteiger charge is -2.43. The Labute approximate surface area is 416 Å². The number of aliphatic hydroxyl groups excluding tert-OH is 5. The van der Waals surface area contributed by atoms with Crippen molar-refractivity contribution < 1.29 is 82.0 Å². The summed E-state index contributed by atoms with van der Waals surface area (Å²) in [6.07, 6.45) is 36.6. The summed E-state index contributed by atoms with van der Waals surface area (Å²) >= 11 is 0. The fourth-order valence-electron chi connectivity index (χ4n) is 6.80. The second-order valence-corrected chi connectivity index (χ2v) is 19.5. The summed E-state index contributed by atoms with van der Waals surface area (Å²) in [5.41, 5.74) is 0. The van der Waals surface area contributed by atoms with Gasteiger partial charge in [0.1, 0.15) is 43.2 Å². The van der Waals surface area contributed by atoms with Gasteiger partial charge in [0, 0.05) is 19.4 Å². The van der Waals surface area contributed by atoms with E-state index < -0.39 is 83.5 Å². The van der Waals surface area contributed by atoms with Crippen LogP contribution in [0.5, 0.6) is 0 Å². The zero-order chi connectivity index (χ0) is 51.7. The first-order valence-corrected chi connectivity index (χ1v) is 27.9. The molecule has 8 N–H and O–H groups in total. The van der Waals surface area contributed by atoms with Gasteiger partial charge in [-0.2, -0.15) is 0 Å². The number of allylic oxidation sites excluding steroid dienone is 16. The number of ether oxygens (including phenoxy) is 2. The van der Waals surface area contributed by atoms with E-state index in [2.05, 4.69) is 90.4 Å². The molecule has 0 amide bonds. The molecule has 0 heterocycles. The first-order chi connectivity index (χ1) is 33.6. The molecule has 0 radical (unpaired) electrons. The molecule has 0 spiro atoms. The van der Waals surface area contributed by atoms with Crippen molar-refractivity contribution in [1.82, 2.24) is 0 Å². The molecule has 1 saturated carbocycles. The van der Waals surface area contributed by atoms with Gasteiger partial charge in [0.2, 0.25) is 0 Å². The van der Waals surface area contributed by atoms with Crippen LogP contribution in [0.2, 0.25) is 0 Å². The monoisotopic (exact) mass is 1030 g/mol. The summed E-state index contributed by atoms with van der Waals surface area (Å²) < 4.78 is 49.3. The summed E-state index contributed by atoms with van der Waals surface area (Å²) in [6, 6.07) is 0. The Kier molecular flexibility index (Phi) is 38.3. The normalized spacial score (nSPS) is 21.8. The highest BCUT2D eigenvalue weighted by molar-refractivity contribution is 7.47. The third kappa shape index (κ3) is 35.1. The Balaban J connectivity index is 2.63. The molecule has 0 aliphatic heterocycles. The van der Waals surface area contributed by atoms with Gasteiger partial charge in [-0.1, -0.05) is 130 Å². The number of phosphoric acid groups is 2. The van der Waals surface area contributed by atoms with E-state index in [0.717, 1.165) is 83.5 Å². The number of carbonyl (C=O) groups excluding carboxylic acids is 2. The van der Waals surface area contributed by atoms with Crippen molar-refractivity contribution in [3.05, 3.63) is 97.2 Å². The minimum atomic E-state index is -5.38. The Morgan fingerprint density at radius 2 is 0.900 bits per heavy atom. The third-order valence-electron chi connectivity index (χ3n) is 10.7. The highest BCUT2D eigenvalue weighted by Crippen LogP contribution is 2.49. The van der Waals surface area contributed by atoms with Crippen LogP contribution in [-0.2, 0) is 41.8 Å². The van der Waals surface area contributed by atoms with Crippen LogP contribution in [-0.4, -0.2) is 115 Å². The van der Waals surface area contributed by atoms with Crippen LogP contribution in [0.1, 0.15) is 148 Å². The first kappa shape index (κ1) is 64.9. The number of hydrogen-bond donors (Lipinski definition) is 8. The zero-order valence-corrected chi connectivity index (χ0v) is 42.9. The molecule has 0 aromatic heterocycles. The molecule has 70 heavy (non-hydrogen) atoms. The molecule has 400 valence electrons. The van der Waals surface area contributed by atoms with E-state index in [-0.39, 0.29) is 19.4 Å².